The first-order chi connectivity index (χ1) is 15.2. The van der Waals surface area contributed by atoms with Crippen molar-refractivity contribution in [3.05, 3.63) is 12.2 Å². The predicted molar refractivity (Wildman–Crippen MR) is 129 cm³/mol. The molecule has 4 saturated carbocycles. The number of nitrogens with one attached hydrogen (secondary N) is 1. The summed E-state index contributed by atoms with van der Waals surface area (Å²) in [7, 11) is 4.16. The number of aliphatic hydroxyl groups is 2. The number of hydroxylamine groups is 1. The number of fused-ring (bicyclic) bond motifs is 5. The zero-order valence-electron chi connectivity index (χ0n) is 21.0. The van der Waals surface area contributed by atoms with E-state index in [2.05, 4.69) is 50.5 Å². The number of hydrogen-bond acceptors (Lipinski definition) is 5. The van der Waals surface area contributed by atoms with Crippen LogP contribution in [0.2, 0.25) is 0 Å². The average Bonchev–Trinajstić information content (AvgIpc) is 3.01. The van der Waals surface area contributed by atoms with Crippen LogP contribution in [0.15, 0.2) is 12.2 Å². The molecule has 0 aromatic carbocycles. The van der Waals surface area contributed by atoms with E-state index in [9.17, 15) is 10.2 Å². The minimum Gasteiger partial charge on any atom is -0.393 e. The first-order valence-corrected chi connectivity index (χ1v) is 13.3. The summed E-state index contributed by atoms with van der Waals surface area (Å²) in [6.07, 6.45) is 15.3. The highest BCUT2D eigenvalue weighted by molar-refractivity contribution is 5.19. The molecule has 0 amide bonds. The molecule has 3 N–H and O–H groups in total. The van der Waals surface area contributed by atoms with Gasteiger partial charge < -0.3 is 20.0 Å². The maximum absolute atomic E-state index is 12.2. The Morgan fingerprint density at radius 1 is 1.03 bits per heavy atom. The van der Waals surface area contributed by atoms with Crippen LogP contribution in [0.1, 0.15) is 78.1 Å². The van der Waals surface area contributed by atoms with E-state index in [-0.39, 0.29) is 11.5 Å². The SMILES string of the molecule is CN(C)CCCONC/C=C/[C@H]1CC[C@]2(O)[C@@H]3CC[C@@H]4C[C@@H](O)CC[C@]4(C)[C@H]3CC[C@]12C. The molecule has 4 fully saturated rings. The van der Waals surface area contributed by atoms with Gasteiger partial charge in [0.2, 0.25) is 0 Å². The lowest BCUT2D eigenvalue weighted by atomic mass is 9.43. The topological polar surface area (TPSA) is 65.0 Å². The second-order valence-corrected chi connectivity index (χ2v) is 12.2. The Labute approximate surface area is 195 Å². The van der Waals surface area contributed by atoms with Crippen LogP contribution in [0.3, 0.4) is 0 Å². The highest BCUT2D eigenvalue weighted by Gasteiger charge is 2.66. The van der Waals surface area contributed by atoms with Crippen molar-refractivity contribution >= 4 is 0 Å². The lowest BCUT2D eigenvalue weighted by Gasteiger charge is -2.63. The monoisotopic (exact) mass is 448 g/mol. The number of allylic oxidation sites excluding steroid dienone is 1. The van der Waals surface area contributed by atoms with E-state index in [1.165, 1.54) is 12.8 Å². The largest absolute Gasteiger partial charge is 0.393 e. The number of hydrogen-bond donors (Lipinski definition) is 3. The van der Waals surface area contributed by atoms with Crippen molar-refractivity contribution in [3.8, 4) is 0 Å². The second kappa shape index (κ2) is 9.65. The van der Waals surface area contributed by atoms with Crippen molar-refractivity contribution in [2.45, 2.75) is 89.8 Å². The molecule has 4 aliphatic rings. The normalized spacial score (nSPS) is 46.3. The van der Waals surface area contributed by atoms with Crippen LogP contribution in [0, 0.1) is 34.5 Å². The van der Waals surface area contributed by atoms with Crippen LogP contribution in [0.25, 0.3) is 0 Å². The third-order valence-corrected chi connectivity index (χ3v) is 10.4. The zero-order valence-corrected chi connectivity index (χ0v) is 21.0. The van der Waals surface area contributed by atoms with E-state index in [0.717, 1.165) is 71.1 Å². The highest BCUT2D eigenvalue weighted by atomic mass is 16.6. The van der Waals surface area contributed by atoms with Gasteiger partial charge in [-0.15, -0.1) is 0 Å². The van der Waals surface area contributed by atoms with Crippen LogP contribution < -0.4 is 5.48 Å². The van der Waals surface area contributed by atoms with Gasteiger partial charge in [0.15, 0.2) is 0 Å². The lowest BCUT2D eigenvalue weighted by Crippen LogP contribution is -2.62. The predicted octanol–water partition coefficient (Wildman–Crippen LogP) is 4.15. The van der Waals surface area contributed by atoms with Gasteiger partial charge in [0.05, 0.1) is 18.3 Å². The summed E-state index contributed by atoms with van der Waals surface area (Å²) >= 11 is 0. The Kier molecular flexibility index (Phi) is 7.44. The fourth-order valence-corrected chi connectivity index (χ4v) is 8.42. The Hall–Kier alpha value is -0.460. The average molecular weight is 449 g/mol. The molecular formula is C27H48N2O3. The summed E-state index contributed by atoms with van der Waals surface area (Å²) in [5, 5.41) is 22.5. The Morgan fingerprint density at radius 3 is 2.62 bits per heavy atom. The molecule has 8 atom stereocenters. The molecular weight excluding hydrogens is 400 g/mol. The minimum atomic E-state index is -0.537. The van der Waals surface area contributed by atoms with Gasteiger partial charge in [-0.1, -0.05) is 26.0 Å². The molecule has 0 aliphatic heterocycles. The van der Waals surface area contributed by atoms with E-state index in [1.807, 2.05) is 0 Å². The molecule has 4 rings (SSSR count). The van der Waals surface area contributed by atoms with Gasteiger partial charge in [-0.25, -0.2) is 0 Å². The molecule has 0 bridgehead atoms. The van der Waals surface area contributed by atoms with Crippen LogP contribution in [-0.2, 0) is 4.84 Å². The minimum absolute atomic E-state index is 0.0192. The van der Waals surface area contributed by atoms with Gasteiger partial charge in [0.1, 0.15) is 0 Å². The number of aliphatic hydroxyl groups excluding tert-OH is 1. The van der Waals surface area contributed by atoms with E-state index >= 15 is 0 Å². The first-order valence-electron chi connectivity index (χ1n) is 13.3. The Balaban J connectivity index is 1.35. The molecule has 0 spiro atoms. The van der Waals surface area contributed by atoms with E-state index in [0.29, 0.717) is 29.1 Å². The summed E-state index contributed by atoms with van der Waals surface area (Å²) in [5.41, 5.74) is 2.82. The second-order valence-electron chi connectivity index (χ2n) is 12.2. The zero-order chi connectivity index (χ0) is 23.0. The van der Waals surface area contributed by atoms with E-state index < -0.39 is 5.60 Å². The molecule has 184 valence electrons. The maximum Gasteiger partial charge on any atom is 0.0737 e. The summed E-state index contributed by atoms with van der Waals surface area (Å²) in [6, 6.07) is 0. The maximum atomic E-state index is 12.2. The van der Waals surface area contributed by atoms with Gasteiger partial charge >= 0.3 is 0 Å². The molecule has 0 aromatic heterocycles. The lowest BCUT2D eigenvalue weighted by molar-refractivity contribution is -0.207. The van der Waals surface area contributed by atoms with Gasteiger partial charge in [-0.2, -0.15) is 5.48 Å². The number of nitrogens with zero attached hydrogens (tertiary/aromatic N) is 1. The Morgan fingerprint density at radius 2 is 1.84 bits per heavy atom. The molecule has 32 heavy (non-hydrogen) atoms. The number of rotatable bonds is 8. The molecule has 0 heterocycles. The molecule has 4 aliphatic carbocycles. The third kappa shape index (κ3) is 4.33. The summed E-state index contributed by atoms with van der Waals surface area (Å²) in [5.74, 6) is 2.13. The molecule has 0 radical (unpaired) electrons. The standard InChI is InChI=1S/C27H48N2O3/c1-25-13-11-22(30)19-21(25)8-9-24-23(25)12-14-26(2)20(10-15-27(24,26)31)7-5-16-28-32-18-6-17-29(3)4/h5,7,20-24,28,30-31H,6,8-19H2,1-4H3/b7-5+/t20-,21+,22-,23-,24+,25-,26+,27-/m0/s1. The fraction of sp³-hybridized carbons (Fsp3) is 0.926. The van der Waals surface area contributed by atoms with Crippen molar-refractivity contribution < 1.29 is 15.1 Å². The van der Waals surface area contributed by atoms with Crippen LogP contribution in [-0.4, -0.2) is 60.6 Å². The van der Waals surface area contributed by atoms with E-state index in [4.69, 9.17) is 4.84 Å². The smallest absolute Gasteiger partial charge is 0.0737 e. The van der Waals surface area contributed by atoms with Crippen molar-refractivity contribution in [2.75, 3.05) is 33.8 Å². The first kappa shape index (κ1) is 24.7. The van der Waals surface area contributed by atoms with Crippen molar-refractivity contribution in [2.24, 2.45) is 34.5 Å². The van der Waals surface area contributed by atoms with Crippen LogP contribution in [0.4, 0.5) is 0 Å². The fourth-order valence-electron chi connectivity index (χ4n) is 8.42. The van der Waals surface area contributed by atoms with Crippen LogP contribution >= 0.6 is 0 Å². The molecule has 5 heteroatoms. The van der Waals surface area contributed by atoms with E-state index in [1.54, 1.807) is 0 Å². The van der Waals surface area contributed by atoms with Gasteiger partial charge in [-0.05, 0) is 114 Å². The summed E-state index contributed by atoms with van der Waals surface area (Å²) in [4.78, 5) is 7.72. The highest BCUT2D eigenvalue weighted by Crippen LogP contribution is 2.69. The summed E-state index contributed by atoms with van der Waals surface area (Å²) < 4.78 is 0. The van der Waals surface area contributed by atoms with Crippen molar-refractivity contribution in [1.29, 1.82) is 0 Å². The van der Waals surface area contributed by atoms with Gasteiger partial charge in [0, 0.05) is 12.0 Å². The van der Waals surface area contributed by atoms with Gasteiger partial charge in [0.25, 0.3) is 0 Å². The van der Waals surface area contributed by atoms with Crippen LogP contribution in [0.5, 0.6) is 0 Å². The van der Waals surface area contributed by atoms with Crippen molar-refractivity contribution in [1.82, 2.24) is 10.4 Å². The van der Waals surface area contributed by atoms with Crippen molar-refractivity contribution in [3.63, 3.8) is 0 Å². The quantitative estimate of drug-likeness (QED) is 0.296. The Bertz CT molecular complexity index is 669. The van der Waals surface area contributed by atoms with Gasteiger partial charge in [-0.3, -0.25) is 0 Å². The molecule has 5 nitrogen and oxygen atoms in total. The summed E-state index contributed by atoms with van der Waals surface area (Å²) in [6.45, 7) is 7.35. The molecule has 0 aromatic rings. The molecule has 0 unspecified atom stereocenters. The molecule has 0 saturated heterocycles. The third-order valence-electron chi connectivity index (χ3n) is 10.4.